The summed E-state index contributed by atoms with van der Waals surface area (Å²) in [5, 5.41) is 0. The molecule has 0 fully saturated rings. The van der Waals surface area contributed by atoms with Crippen LogP contribution in [0.3, 0.4) is 0 Å². The molecule has 0 aliphatic rings. The topological polar surface area (TPSA) is 42.4 Å². The zero-order valence-electron chi connectivity index (χ0n) is 10.1. The van der Waals surface area contributed by atoms with E-state index in [9.17, 15) is 4.79 Å². The molecule has 16 heavy (non-hydrogen) atoms. The molecule has 0 aliphatic heterocycles. The van der Waals surface area contributed by atoms with Crippen LogP contribution in [0.2, 0.25) is 0 Å². The van der Waals surface area contributed by atoms with Gasteiger partial charge in [-0.05, 0) is 33.2 Å². The van der Waals surface area contributed by atoms with E-state index in [-0.39, 0.29) is 5.78 Å². The summed E-state index contributed by atoms with van der Waals surface area (Å²) in [6, 6.07) is 3.49. The fourth-order valence-corrected chi connectivity index (χ4v) is 1.20. The van der Waals surface area contributed by atoms with Crippen LogP contribution in [0.25, 0.3) is 0 Å². The quantitative estimate of drug-likeness (QED) is 0.538. The van der Waals surface area contributed by atoms with E-state index in [1.165, 1.54) is 0 Å². The first-order valence-electron chi connectivity index (χ1n) is 5.28. The predicted molar refractivity (Wildman–Crippen MR) is 62.5 cm³/mol. The summed E-state index contributed by atoms with van der Waals surface area (Å²) in [6.07, 6.45) is 1.64. The van der Waals surface area contributed by atoms with Gasteiger partial charge in [0.25, 0.3) is 0 Å². The number of rotatable bonds is 6. The molecule has 0 aliphatic carbocycles. The van der Waals surface area contributed by atoms with Gasteiger partial charge >= 0.3 is 0 Å². The molecule has 0 saturated carbocycles. The molecule has 0 amide bonds. The van der Waals surface area contributed by atoms with Crippen LogP contribution in [0, 0.1) is 0 Å². The molecule has 0 bridgehead atoms. The van der Waals surface area contributed by atoms with E-state index in [4.69, 9.17) is 4.74 Å². The van der Waals surface area contributed by atoms with Gasteiger partial charge < -0.3 is 9.64 Å². The minimum atomic E-state index is 0.0527. The van der Waals surface area contributed by atoms with Gasteiger partial charge in [0.15, 0.2) is 5.78 Å². The largest absolute Gasteiger partial charge is 0.374 e. The number of Topliss-reactive ketones (excluding diaryl/α,β-unsaturated/α-hetero) is 1. The molecule has 0 atom stereocenters. The van der Waals surface area contributed by atoms with Gasteiger partial charge in [0.2, 0.25) is 0 Å². The molecule has 4 heteroatoms. The number of ketones is 1. The Balaban J connectivity index is 2.42. The molecule has 0 N–H and O–H groups in total. The van der Waals surface area contributed by atoms with Gasteiger partial charge in [-0.25, -0.2) is 0 Å². The highest BCUT2D eigenvalue weighted by Gasteiger charge is 2.01. The minimum absolute atomic E-state index is 0.0527. The minimum Gasteiger partial charge on any atom is -0.374 e. The highest BCUT2D eigenvalue weighted by Crippen LogP contribution is 2.04. The molecule has 4 nitrogen and oxygen atoms in total. The van der Waals surface area contributed by atoms with E-state index < -0.39 is 0 Å². The lowest BCUT2D eigenvalue weighted by Crippen LogP contribution is -2.18. The van der Waals surface area contributed by atoms with Crippen LogP contribution in [0.5, 0.6) is 0 Å². The van der Waals surface area contributed by atoms with Crippen molar-refractivity contribution >= 4 is 5.78 Å². The third-order valence-electron chi connectivity index (χ3n) is 2.16. The molecular formula is C12H18N2O2. The molecule has 1 heterocycles. The van der Waals surface area contributed by atoms with E-state index >= 15 is 0 Å². The van der Waals surface area contributed by atoms with Crippen molar-refractivity contribution < 1.29 is 9.53 Å². The van der Waals surface area contributed by atoms with Crippen LogP contribution in [-0.4, -0.2) is 42.9 Å². The highest BCUT2D eigenvalue weighted by atomic mass is 16.5. The van der Waals surface area contributed by atoms with Crippen LogP contribution in [0.15, 0.2) is 18.3 Å². The number of likely N-dealkylation sites (N-methyl/N-ethyl adjacent to an activating group) is 1. The molecule has 1 rings (SSSR count). The third kappa shape index (κ3) is 4.51. The van der Waals surface area contributed by atoms with Crippen LogP contribution in [-0.2, 0) is 11.3 Å². The monoisotopic (exact) mass is 222 g/mol. The SMILES string of the molecule is CC(=O)c1ccnc(COCCN(C)C)c1. The summed E-state index contributed by atoms with van der Waals surface area (Å²) in [5.74, 6) is 0.0527. The second-order valence-electron chi connectivity index (χ2n) is 3.95. The Hall–Kier alpha value is -1.26. The first-order chi connectivity index (χ1) is 7.59. The van der Waals surface area contributed by atoms with Crippen LogP contribution < -0.4 is 0 Å². The van der Waals surface area contributed by atoms with Crippen molar-refractivity contribution in [2.45, 2.75) is 13.5 Å². The van der Waals surface area contributed by atoms with Crippen molar-refractivity contribution in [3.8, 4) is 0 Å². The number of pyridine rings is 1. The van der Waals surface area contributed by atoms with Gasteiger partial charge in [-0.2, -0.15) is 0 Å². The van der Waals surface area contributed by atoms with Crippen molar-refractivity contribution in [2.75, 3.05) is 27.2 Å². The molecule has 1 aromatic rings. The Morgan fingerprint density at radius 2 is 2.25 bits per heavy atom. The van der Waals surface area contributed by atoms with Crippen molar-refractivity contribution in [1.29, 1.82) is 0 Å². The number of carbonyl (C=O) groups excluding carboxylic acids is 1. The standard InChI is InChI=1S/C12H18N2O2/c1-10(15)11-4-5-13-12(8-11)9-16-7-6-14(2)3/h4-5,8H,6-7,9H2,1-3H3. The van der Waals surface area contributed by atoms with E-state index in [0.717, 1.165) is 12.2 Å². The smallest absolute Gasteiger partial charge is 0.159 e. The normalized spacial score (nSPS) is 10.8. The van der Waals surface area contributed by atoms with Crippen LogP contribution in [0.1, 0.15) is 23.0 Å². The first-order valence-corrected chi connectivity index (χ1v) is 5.28. The Bertz CT molecular complexity index is 351. The summed E-state index contributed by atoms with van der Waals surface area (Å²) in [5.41, 5.74) is 1.48. The van der Waals surface area contributed by atoms with Gasteiger partial charge in [-0.1, -0.05) is 0 Å². The van der Waals surface area contributed by atoms with Gasteiger partial charge in [-0.15, -0.1) is 0 Å². The van der Waals surface area contributed by atoms with Crippen molar-refractivity contribution in [3.05, 3.63) is 29.6 Å². The van der Waals surface area contributed by atoms with Gasteiger partial charge in [0.1, 0.15) is 0 Å². The number of ether oxygens (including phenoxy) is 1. The summed E-state index contributed by atoms with van der Waals surface area (Å²) in [6.45, 7) is 3.55. The molecule has 0 unspecified atom stereocenters. The number of nitrogens with zero attached hydrogens (tertiary/aromatic N) is 2. The van der Waals surface area contributed by atoms with Crippen molar-refractivity contribution in [2.24, 2.45) is 0 Å². The van der Waals surface area contributed by atoms with Crippen LogP contribution >= 0.6 is 0 Å². The fraction of sp³-hybridized carbons (Fsp3) is 0.500. The molecule has 88 valence electrons. The lowest BCUT2D eigenvalue weighted by atomic mass is 10.2. The summed E-state index contributed by atoms with van der Waals surface area (Å²) < 4.78 is 5.45. The van der Waals surface area contributed by atoms with E-state index in [0.29, 0.717) is 18.8 Å². The lowest BCUT2D eigenvalue weighted by Gasteiger charge is -2.09. The van der Waals surface area contributed by atoms with Gasteiger partial charge in [0.05, 0.1) is 18.9 Å². The first kappa shape index (κ1) is 12.8. The lowest BCUT2D eigenvalue weighted by molar-refractivity contribution is 0.100. The van der Waals surface area contributed by atoms with E-state index in [1.807, 2.05) is 14.1 Å². The van der Waals surface area contributed by atoms with Crippen molar-refractivity contribution in [3.63, 3.8) is 0 Å². The average Bonchev–Trinajstić information content (AvgIpc) is 2.24. The highest BCUT2D eigenvalue weighted by molar-refractivity contribution is 5.93. The fourth-order valence-electron chi connectivity index (χ4n) is 1.20. The molecule has 0 spiro atoms. The second-order valence-corrected chi connectivity index (χ2v) is 3.95. The predicted octanol–water partition coefficient (Wildman–Crippen LogP) is 1.36. The summed E-state index contributed by atoms with van der Waals surface area (Å²) in [4.78, 5) is 17.3. The maximum Gasteiger partial charge on any atom is 0.159 e. The maximum absolute atomic E-state index is 11.1. The Kier molecular flexibility index (Phi) is 5.08. The molecule has 0 radical (unpaired) electrons. The third-order valence-corrected chi connectivity index (χ3v) is 2.16. The second kappa shape index (κ2) is 6.35. The Morgan fingerprint density at radius 1 is 1.50 bits per heavy atom. The van der Waals surface area contributed by atoms with Gasteiger partial charge in [-0.3, -0.25) is 9.78 Å². The zero-order chi connectivity index (χ0) is 12.0. The number of hydrogen-bond acceptors (Lipinski definition) is 4. The maximum atomic E-state index is 11.1. The molecular weight excluding hydrogens is 204 g/mol. The van der Waals surface area contributed by atoms with Gasteiger partial charge in [0, 0.05) is 18.3 Å². The Morgan fingerprint density at radius 3 is 2.88 bits per heavy atom. The molecule has 0 saturated heterocycles. The summed E-state index contributed by atoms with van der Waals surface area (Å²) in [7, 11) is 4.00. The average molecular weight is 222 g/mol. The zero-order valence-corrected chi connectivity index (χ0v) is 10.1. The number of aromatic nitrogens is 1. The van der Waals surface area contributed by atoms with Crippen LogP contribution in [0.4, 0.5) is 0 Å². The molecule has 0 aromatic carbocycles. The molecule has 1 aromatic heterocycles. The number of carbonyl (C=O) groups is 1. The van der Waals surface area contributed by atoms with E-state index in [1.54, 1.807) is 25.3 Å². The van der Waals surface area contributed by atoms with E-state index in [2.05, 4.69) is 9.88 Å². The van der Waals surface area contributed by atoms with Crippen molar-refractivity contribution in [1.82, 2.24) is 9.88 Å². The summed E-state index contributed by atoms with van der Waals surface area (Å²) >= 11 is 0. The Labute approximate surface area is 96.2 Å². The number of hydrogen-bond donors (Lipinski definition) is 0.